The van der Waals surface area contributed by atoms with E-state index in [0.29, 0.717) is 5.82 Å². The number of anilines is 2. The molecule has 1 saturated heterocycles. The van der Waals surface area contributed by atoms with Crippen LogP contribution in [0.1, 0.15) is 12.8 Å². The van der Waals surface area contributed by atoms with Gasteiger partial charge in [-0.2, -0.15) is 0 Å². The second-order valence-corrected chi connectivity index (χ2v) is 3.59. The van der Waals surface area contributed by atoms with E-state index in [0.717, 1.165) is 25.2 Å². The van der Waals surface area contributed by atoms with Crippen LogP contribution < -0.4 is 10.6 Å². The Balaban J connectivity index is 2.21. The largest absolute Gasteiger partial charge is 0.394 e. The Morgan fingerprint density at radius 1 is 1.57 bits per heavy atom. The van der Waals surface area contributed by atoms with Crippen LogP contribution in [0.25, 0.3) is 0 Å². The maximum Gasteiger partial charge on any atom is 0.131 e. The minimum absolute atomic E-state index is 0.191. The van der Waals surface area contributed by atoms with Crippen molar-refractivity contribution in [2.45, 2.75) is 18.9 Å². The Bertz CT molecular complexity index is 316. The predicted octanol–water partition coefficient (Wildman–Crippen LogP) is 0.625. The van der Waals surface area contributed by atoms with Crippen LogP contribution in [0.3, 0.4) is 0 Å². The molecule has 4 nitrogen and oxygen atoms in total. The zero-order valence-electron chi connectivity index (χ0n) is 8.06. The molecule has 14 heavy (non-hydrogen) atoms. The van der Waals surface area contributed by atoms with E-state index in [4.69, 9.17) is 10.8 Å². The number of hydrogen-bond donors (Lipinski definition) is 2. The quantitative estimate of drug-likeness (QED) is 0.723. The maximum atomic E-state index is 9.17. The number of hydrogen-bond acceptors (Lipinski definition) is 4. The number of nitrogen functional groups attached to an aromatic ring is 1. The third-order valence-electron chi connectivity index (χ3n) is 2.64. The van der Waals surface area contributed by atoms with Crippen molar-refractivity contribution < 1.29 is 5.11 Å². The summed E-state index contributed by atoms with van der Waals surface area (Å²) in [5.74, 6) is 1.41. The first-order valence-corrected chi connectivity index (χ1v) is 4.91. The van der Waals surface area contributed by atoms with Gasteiger partial charge in [-0.25, -0.2) is 4.98 Å². The lowest BCUT2D eigenvalue weighted by atomic mass is 10.2. The second kappa shape index (κ2) is 3.84. The molecule has 0 amide bonds. The first-order chi connectivity index (χ1) is 6.81. The molecule has 1 aliphatic heterocycles. The fourth-order valence-corrected chi connectivity index (χ4v) is 1.93. The Labute approximate surface area is 83.4 Å². The summed E-state index contributed by atoms with van der Waals surface area (Å²) in [4.78, 5) is 6.37. The average Bonchev–Trinajstić information content (AvgIpc) is 2.65. The molecule has 76 valence electrons. The first-order valence-electron chi connectivity index (χ1n) is 4.91. The SMILES string of the molecule is Nc1cccc(N2CCC[C@H]2CO)n1. The van der Waals surface area contributed by atoms with Crippen molar-refractivity contribution in [1.82, 2.24) is 4.98 Å². The van der Waals surface area contributed by atoms with E-state index in [9.17, 15) is 0 Å². The molecule has 1 aliphatic rings. The van der Waals surface area contributed by atoms with Gasteiger partial charge in [0.15, 0.2) is 0 Å². The highest BCUT2D eigenvalue weighted by Gasteiger charge is 2.24. The van der Waals surface area contributed by atoms with Gasteiger partial charge in [-0.05, 0) is 25.0 Å². The zero-order chi connectivity index (χ0) is 9.97. The lowest BCUT2D eigenvalue weighted by Crippen LogP contribution is -2.32. The summed E-state index contributed by atoms with van der Waals surface area (Å²) in [7, 11) is 0. The number of pyridine rings is 1. The van der Waals surface area contributed by atoms with E-state index in [-0.39, 0.29) is 12.6 Å². The topological polar surface area (TPSA) is 62.4 Å². The van der Waals surface area contributed by atoms with Crippen LogP contribution >= 0.6 is 0 Å². The van der Waals surface area contributed by atoms with Crippen LogP contribution in [0.2, 0.25) is 0 Å². The van der Waals surface area contributed by atoms with Gasteiger partial charge in [-0.1, -0.05) is 6.07 Å². The van der Waals surface area contributed by atoms with Crippen LogP contribution in [0, 0.1) is 0 Å². The van der Waals surface area contributed by atoms with Crippen molar-refractivity contribution in [1.29, 1.82) is 0 Å². The summed E-state index contributed by atoms with van der Waals surface area (Å²) in [6.45, 7) is 1.15. The average molecular weight is 193 g/mol. The number of aromatic nitrogens is 1. The molecule has 0 aliphatic carbocycles. The standard InChI is InChI=1S/C10H15N3O/c11-9-4-1-5-10(12-9)13-6-2-3-8(13)7-14/h1,4-5,8,14H,2-3,6-7H2,(H2,11,12)/t8-/m0/s1. The third-order valence-corrected chi connectivity index (χ3v) is 2.64. The first kappa shape index (κ1) is 9.27. The number of nitrogens with zero attached hydrogens (tertiary/aromatic N) is 2. The maximum absolute atomic E-state index is 9.17. The van der Waals surface area contributed by atoms with Crippen LogP contribution in [0.15, 0.2) is 18.2 Å². The molecule has 0 radical (unpaired) electrons. The smallest absolute Gasteiger partial charge is 0.131 e. The van der Waals surface area contributed by atoms with Gasteiger partial charge in [0.1, 0.15) is 11.6 Å². The van der Waals surface area contributed by atoms with Crippen molar-refractivity contribution in [3.8, 4) is 0 Å². The molecule has 0 aromatic carbocycles. The molecular weight excluding hydrogens is 178 g/mol. The Kier molecular flexibility index (Phi) is 2.54. The summed E-state index contributed by atoms with van der Waals surface area (Å²) < 4.78 is 0. The molecule has 0 spiro atoms. The molecule has 1 aromatic rings. The predicted molar refractivity (Wildman–Crippen MR) is 56.1 cm³/mol. The fraction of sp³-hybridized carbons (Fsp3) is 0.500. The van der Waals surface area contributed by atoms with Gasteiger partial charge in [0.25, 0.3) is 0 Å². The minimum atomic E-state index is 0.191. The summed E-state index contributed by atoms with van der Waals surface area (Å²) >= 11 is 0. The van der Waals surface area contributed by atoms with Gasteiger partial charge in [-0.15, -0.1) is 0 Å². The zero-order valence-corrected chi connectivity index (χ0v) is 8.06. The van der Waals surface area contributed by atoms with E-state index in [1.165, 1.54) is 0 Å². The molecule has 1 atom stereocenters. The normalized spacial score (nSPS) is 21.5. The second-order valence-electron chi connectivity index (χ2n) is 3.59. The van der Waals surface area contributed by atoms with Crippen LogP contribution in [0.4, 0.5) is 11.6 Å². The van der Waals surface area contributed by atoms with Crippen LogP contribution in [-0.2, 0) is 0 Å². The fourth-order valence-electron chi connectivity index (χ4n) is 1.93. The van der Waals surface area contributed by atoms with E-state index in [1.807, 2.05) is 12.1 Å². The van der Waals surface area contributed by atoms with Crippen LogP contribution in [-0.4, -0.2) is 29.3 Å². The van der Waals surface area contributed by atoms with Crippen molar-refractivity contribution in [3.63, 3.8) is 0 Å². The van der Waals surface area contributed by atoms with Crippen LogP contribution in [0.5, 0.6) is 0 Å². The monoisotopic (exact) mass is 193 g/mol. The number of rotatable bonds is 2. The molecule has 1 aromatic heterocycles. The molecule has 2 heterocycles. The number of aliphatic hydroxyl groups excluding tert-OH is 1. The number of nitrogens with two attached hydrogens (primary N) is 1. The third kappa shape index (κ3) is 1.65. The van der Waals surface area contributed by atoms with Gasteiger partial charge in [-0.3, -0.25) is 0 Å². The highest BCUT2D eigenvalue weighted by atomic mass is 16.3. The van der Waals surface area contributed by atoms with E-state index in [2.05, 4.69) is 9.88 Å². The van der Waals surface area contributed by atoms with Crippen molar-refractivity contribution in [2.24, 2.45) is 0 Å². The number of aliphatic hydroxyl groups is 1. The van der Waals surface area contributed by atoms with Gasteiger partial charge in [0, 0.05) is 6.54 Å². The van der Waals surface area contributed by atoms with Gasteiger partial charge >= 0.3 is 0 Å². The summed E-state index contributed by atoms with van der Waals surface area (Å²) in [5, 5.41) is 9.17. The van der Waals surface area contributed by atoms with E-state index in [1.54, 1.807) is 6.07 Å². The summed E-state index contributed by atoms with van der Waals surface area (Å²) in [5.41, 5.74) is 5.61. The molecule has 0 unspecified atom stereocenters. The molecule has 3 N–H and O–H groups in total. The molecule has 2 rings (SSSR count). The van der Waals surface area contributed by atoms with Crippen molar-refractivity contribution in [3.05, 3.63) is 18.2 Å². The van der Waals surface area contributed by atoms with E-state index < -0.39 is 0 Å². The molecule has 1 fully saturated rings. The van der Waals surface area contributed by atoms with Gasteiger partial charge in [0.2, 0.25) is 0 Å². The lowest BCUT2D eigenvalue weighted by Gasteiger charge is -2.23. The van der Waals surface area contributed by atoms with Crippen molar-refractivity contribution in [2.75, 3.05) is 23.8 Å². The summed E-state index contributed by atoms with van der Waals surface area (Å²) in [6, 6.07) is 5.81. The Morgan fingerprint density at radius 2 is 2.43 bits per heavy atom. The van der Waals surface area contributed by atoms with E-state index >= 15 is 0 Å². The Hall–Kier alpha value is -1.29. The minimum Gasteiger partial charge on any atom is -0.394 e. The molecule has 4 heteroatoms. The molecule has 0 saturated carbocycles. The molecular formula is C10H15N3O. The highest BCUT2D eigenvalue weighted by Crippen LogP contribution is 2.23. The highest BCUT2D eigenvalue weighted by molar-refractivity contribution is 5.46. The van der Waals surface area contributed by atoms with Gasteiger partial charge in [0.05, 0.1) is 12.6 Å². The molecule has 0 bridgehead atoms. The van der Waals surface area contributed by atoms with Gasteiger partial charge < -0.3 is 15.7 Å². The van der Waals surface area contributed by atoms with Crippen molar-refractivity contribution >= 4 is 11.6 Å². The lowest BCUT2D eigenvalue weighted by molar-refractivity contribution is 0.266. The Morgan fingerprint density at radius 3 is 3.14 bits per heavy atom. The summed E-state index contributed by atoms with van der Waals surface area (Å²) in [6.07, 6.45) is 2.15.